The van der Waals surface area contributed by atoms with Gasteiger partial charge in [0.2, 0.25) is 5.91 Å². The van der Waals surface area contributed by atoms with Crippen LogP contribution in [-0.4, -0.2) is 41.7 Å². The Bertz CT molecular complexity index is 925. The summed E-state index contributed by atoms with van der Waals surface area (Å²) in [7, 11) is 0. The number of ether oxygens (including phenoxy) is 1. The van der Waals surface area contributed by atoms with Gasteiger partial charge in [0, 0.05) is 16.8 Å². The van der Waals surface area contributed by atoms with Gasteiger partial charge in [0.1, 0.15) is 0 Å². The van der Waals surface area contributed by atoms with Gasteiger partial charge in [-0.1, -0.05) is 31.4 Å². The highest BCUT2D eigenvalue weighted by Gasteiger charge is 2.17. The van der Waals surface area contributed by atoms with E-state index in [1.165, 1.54) is 55.2 Å². The number of thiazole rings is 1. The highest BCUT2D eigenvalue weighted by molar-refractivity contribution is 8.00. The third-order valence-corrected chi connectivity index (χ3v) is 7.09. The van der Waals surface area contributed by atoms with Gasteiger partial charge < -0.3 is 10.1 Å². The number of carbonyl (C=O) groups is 3. The number of benzene rings is 1. The van der Waals surface area contributed by atoms with Crippen molar-refractivity contribution in [3.05, 3.63) is 40.9 Å². The quantitative estimate of drug-likeness (QED) is 0.393. The molecule has 1 aliphatic rings. The lowest BCUT2D eigenvalue weighted by atomic mass is 9.89. The van der Waals surface area contributed by atoms with Crippen LogP contribution in [0.25, 0.3) is 0 Å². The molecular formula is C23H29N3O4S2. The molecule has 2 aromatic rings. The lowest BCUT2D eigenvalue weighted by Crippen LogP contribution is -2.31. The summed E-state index contributed by atoms with van der Waals surface area (Å²) in [6.45, 7) is 2.81. The van der Waals surface area contributed by atoms with Crippen LogP contribution in [0.1, 0.15) is 55.1 Å². The monoisotopic (exact) mass is 475 g/mol. The molecule has 1 aromatic heterocycles. The Morgan fingerprint density at radius 1 is 1.19 bits per heavy atom. The second-order valence-corrected chi connectivity index (χ2v) is 9.55. The van der Waals surface area contributed by atoms with E-state index in [0.29, 0.717) is 28.9 Å². The molecule has 9 heteroatoms. The highest BCUT2D eigenvalue weighted by atomic mass is 32.2. The molecule has 2 amide bonds. The second-order valence-electron chi connectivity index (χ2n) is 7.67. The van der Waals surface area contributed by atoms with Crippen LogP contribution in [0, 0.1) is 5.92 Å². The minimum absolute atomic E-state index is 0.0145. The molecule has 3 rings (SSSR count). The minimum atomic E-state index is -0.348. The van der Waals surface area contributed by atoms with Gasteiger partial charge in [-0.3, -0.25) is 19.7 Å². The van der Waals surface area contributed by atoms with Gasteiger partial charge in [-0.05, 0) is 37.8 Å². The predicted octanol–water partition coefficient (Wildman–Crippen LogP) is 4.29. The van der Waals surface area contributed by atoms with Crippen molar-refractivity contribution in [2.24, 2.45) is 5.92 Å². The smallest absolute Gasteiger partial charge is 0.311 e. The molecule has 0 spiro atoms. The number of nitrogens with zero attached hydrogens (tertiary/aromatic N) is 1. The fourth-order valence-electron chi connectivity index (χ4n) is 3.59. The molecule has 0 atom stereocenters. The molecule has 0 saturated heterocycles. The number of aromatic nitrogens is 1. The first kappa shape index (κ1) is 24.3. The van der Waals surface area contributed by atoms with Crippen LogP contribution >= 0.6 is 23.1 Å². The summed E-state index contributed by atoms with van der Waals surface area (Å²) in [5.41, 5.74) is 1.04. The molecule has 0 aliphatic heterocycles. The van der Waals surface area contributed by atoms with Gasteiger partial charge in [0.15, 0.2) is 5.13 Å². The first-order valence-corrected chi connectivity index (χ1v) is 12.8. The number of anilines is 1. The van der Waals surface area contributed by atoms with Gasteiger partial charge in [0.25, 0.3) is 5.91 Å². The van der Waals surface area contributed by atoms with E-state index in [1.807, 2.05) is 12.1 Å². The van der Waals surface area contributed by atoms with Gasteiger partial charge in [0.05, 0.1) is 30.0 Å². The van der Waals surface area contributed by atoms with Crippen LogP contribution in [0.3, 0.4) is 0 Å². The number of rotatable bonds is 10. The fourth-order valence-corrected chi connectivity index (χ4v) is 5.18. The SMILES string of the molecule is CCOC(=O)Cc1csc(NC(=O)c2ccccc2SCC(=O)NCC2CCCCC2)n1. The third kappa shape index (κ3) is 7.63. The van der Waals surface area contributed by atoms with E-state index in [-0.39, 0.29) is 30.0 Å². The molecule has 2 N–H and O–H groups in total. The van der Waals surface area contributed by atoms with Gasteiger partial charge in [-0.15, -0.1) is 23.1 Å². The molecule has 0 unspecified atom stereocenters. The van der Waals surface area contributed by atoms with Gasteiger partial charge >= 0.3 is 5.97 Å². The summed E-state index contributed by atoms with van der Waals surface area (Å²) in [6, 6.07) is 7.20. The number of amides is 2. The molecule has 0 radical (unpaired) electrons. The topological polar surface area (TPSA) is 97.4 Å². The van der Waals surface area contributed by atoms with Gasteiger partial charge in [-0.2, -0.15) is 0 Å². The first-order valence-electron chi connectivity index (χ1n) is 10.9. The normalized spacial score (nSPS) is 14.0. The lowest BCUT2D eigenvalue weighted by Gasteiger charge is -2.21. The van der Waals surface area contributed by atoms with E-state index in [9.17, 15) is 14.4 Å². The maximum Gasteiger partial charge on any atom is 0.311 e. The maximum absolute atomic E-state index is 12.8. The van der Waals surface area contributed by atoms with E-state index < -0.39 is 0 Å². The van der Waals surface area contributed by atoms with E-state index in [0.717, 1.165) is 11.4 Å². The van der Waals surface area contributed by atoms with Crippen molar-refractivity contribution < 1.29 is 19.1 Å². The summed E-state index contributed by atoms with van der Waals surface area (Å²) >= 11 is 2.60. The Hall–Kier alpha value is -2.39. The molecular weight excluding hydrogens is 446 g/mol. The van der Waals surface area contributed by atoms with Crippen LogP contribution in [0.2, 0.25) is 0 Å². The number of esters is 1. The molecule has 1 aliphatic carbocycles. The Labute approximate surface area is 196 Å². The highest BCUT2D eigenvalue weighted by Crippen LogP contribution is 2.25. The molecule has 1 fully saturated rings. The Kier molecular flexibility index (Phi) is 9.55. The van der Waals surface area contributed by atoms with Crippen molar-refractivity contribution in [1.82, 2.24) is 10.3 Å². The number of carbonyl (C=O) groups excluding carboxylic acids is 3. The van der Waals surface area contributed by atoms with Gasteiger partial charge in [-0.25, -0.2) is 4.98 Å². The van der Waals surface area contributed by atoms with E-state index >= 15 is 0 Å². The van der Waals surface area contributed by atoms with Crippen molar-refractivity contribution in [1.29, 1.82) is 0 Å². The molecule has 1 saturated carbocycles. The minimum Gasteiger partial charge on any atom is -0.466 e. The van der Waals surface area contributed by atoms with Crippen LogP contribution in [0.4, 0.5) is 5.13 Å². The lowest BCUT2D eigenvalue weighted by molar-refractivity contribution is -0.142. The standard InChI is InChI=1S/C23H29N3O4S2/c1-2-30-21(28)12-17-14-32-23(25-17)26-22(29)18-10-6-7-11-19(18)31-15-20(27)24-13-16-8-4-3-5-9-16/h6-7,10-11,14,16H,2-5,8-9,12-13,15H2,1H3,(H,24,27)(H,25,26,29). The summed E-state index contributed by atoms with van der Waals surface area (Å²) in [4.78, 5) is 41.7. The summed E-state index contributed by atoms with van der Waals surface area (Å²) < 4.78 is 4.92. The third-order valence-electron chi connectivity index (χ3n) is 5.21. The molecule has 32 heavy (non-hydrogen) atoms. The van der Waals surface area contributed by atoms with Crippen LogP contribution in [0.5, 0.6) is 0 Å². The predicted molar refractivity (Wildman–Crippen MR) is 127 cm³/mol. The average molecular weight is 476 g/mol. The van der Waals surface area contributed by atoms with Crippen molar-refractivity contribution in [3.8, 4) is 0 Å². The van der Waals surface area contributed by atoms with Crippen molar-refractivity contribution in [3.63, 3.8) is 0 Å². The number of hydrogen-bond acceptors (Lipinski definition) is 7. The number of hydrogen-bond donors (Lipinski definition) is 2. The first-order chi connectivity index (χ1) is 15.5. The van der Waals surface area contributed by atoms with E-state index in [2.05, 4.69) is 15.6 Å². The van der Waals surface area contributed by atoms with Crippen LogP contribution < -0.4 is 10.6 Å². The summed E-state index contributed by atoms with van der Waals surface area (Å²) in [5.74, 6) is 0.187. The molecule has 1 heterocycles. The number of thioether (sulfide) groups is 1. The Balaban J connectivity index is 1.51. The summed E-state index contributed by atoms with van der Waals surface area (Å²) in [6.07, 6.45) is 6.25. The second kappa shape index (κ2) is 12.6. The Morgan fingerprint density at radius 3 is 2.75 bits per heavy atom. The largest absolute Gasteiger partial charge is 0.466 e. The zero-order chi connectivity index (χ0) is 22.8. The fraction of sp³-hybridized carbons (Fsp3) is 0.478. The number of nitrogens with one attached hydrogen (secondary N) is 2. The molecule has 0 bridgehead atoms. The van der Waals surface area contributed by atoms with Crippen LogP contribution in [-0.2, 0) is 20.7 Å². The van der Waals surface area contributed by atoms with E-state index in [4.69, 9.17) is 4.74 Å². The molecule has 172 valence electrons. The van der Waals surface area contributed by atoms with Crippen molar-refractivity contribution in [2.75, 3.05) is 24.2 Å². The van der Waals surface area contributed by atoms with Crippen molar-refractivity contribution >= 4 is 46.0 Å². The van der Waals surface area contributed by atoms with Crippen LogP contribution in [0.15, 0.2) is 34.5 Å². The maximum atomic E-state index is 12.8. The summed E-state index contributed by atoms with van der Waals surface area (Å²) in [5, 5.41) is 7.96. The molecule has 1 aromatic carbocycles. The average Bonchev–Trinajstić information content (AvgIpc) is 3.23. The Morgan fingerprint density at radius 2 is 1.97 bits per heavy atom. The van der Waals surface area contributed by atoms with E-state index in [1.54, 1.807) is 24.4 Å². The molecule has 7 nitrogen and oxygen atoms in total. The van der Waals surface area contributed by atoms with Crippen molar-refractivity contribution in [2.45, 2.75) is 50.3 Å². The zero-order valence-corrected chi connectivity index (χ0v) is 19.9. The zero-order valence-electron chi connectivity index (χ0n) is 18.2.